The van der Waals surface area contributed by atoms with Gasteiger partial charge in [-0.3, -0.25) is 0 Å². The zero-order valence-corrected chi connectivity index (χ0v) is 27.7. The molecule has 0 bridgehead atoms. The molecule has 0 fully saturated rings. The molecule has 0 atom stereocenters. The van der Waals surface area contributed by atoms with E-state index < -0.39 is 8.07 Å². The van der Waals surface area contributed by atoms with Crippen LogP contribution in [0.3, 0.4) is 0 Å². The van der Waals surface area contributed by atoms with Crippen LogP contribution in [0.4, 0.5) is 4.39 Å². The Morgan fingerprint density at radius 2 is 1.20 bits per heavy atom. The van der Waals surface area contributed by atoms with Crippen molar-refractivity contribution in [3.05, 3.63) is 132 Å². The van der Waals surface area contributed by atoms with Gasteiger partial charge in [-0.1, -0.05) is 111 Å². The number of benzene rings is 5. The van der Waals surface area contributed by atoms with E-state index in [2.05, 4.69) is 118 Å². The van der Waals surface area contributed by atoms with Gasteiger partial charge in [0.15, 0.2) is 5.82 Å². The van der Waals surface area contributed by atoms with Gasteiger partial charge >= 0.3 is 0 Å². The summed E-state index contributed by atoms with van der Waals surface area (Å²) >= 11 is 0. The number of furan rings is 1. The lowest BCUT2D eigenvalue weighted by molar-refractivity contribution is -0.661. The third kappa shape index (κ3) is 5.01. The van der Waals surface area contributed by atoms with E-state index in [4.69, 9.17) is 4.42 Å². The maximum atomic E-state index is 15.1. The van der Waals surface area contributed by atoms with Crippen molar-refractivity contribution in [1.82, 2.24) is 0 Å². The van der Waals surface area contributed by atoms with Crippen LogP contribution >= 0.6 is 0 Å². The minimum absolute atomic E-state index is 0.170. The molecule has 0 amide bonds. The maximum Gasteiger partial charge on any atom is 0.216 e. The van der Waals surface area contributed by atoms with Crippen LogP contribution in [0.5, 0.6) is 0 Å². The Kier molecular flexibility index (Phi) is 7.19. The fourth-order valence-corrected chi connectivity index (χ4v) is 7.81. The van der Waals surface area contributed by atoms with E-state index in [-0.39, 0.29) is 5.82 Å². The topological polar surface area (TPSA) is 40.8 Å². The number of nitriles is 1. The van der Waals surface area contributed by atoms with Gasteiger partial charge in [-0.05, 0) is 57.6 Å². The normalized spacial score (nSPS) is 11.7. The summed E-state index contributed by atoms with van der Waals surface area (Å²) in [6.45, 7) is 8.53. The van der Waals surface area contributed by atoms with Crippen LogP contribution in [0, 0.1) is 24.1 Å². The van der Waals surface area contributed by atoms with Crippen molar-refractivity contribution >= 4 is 35.2 Å². The Bertz CT molecular complexity index is 2310. The third-order valence-corrected chi connectivity index (χ3v) is 10.9. The molecule has 7 aromatic rings. The quantitative estimate of drug-likeness (QED) is 0.142. The zero-order chi connectivity index (χ0) is 32.2. The predicted molar refractivity (Wildman–Crippen MR) is 189 cm³/mol. The predicted octanol–water partition coefficient (Wildman–Crippen LogP) is 9.94. The number of hydrogen-bond acceptors (Lipinski definition) is 2. The Morgan fingerprint density at radius 3 is 1.76 bits per heavy atom. The van der Waals surface area contributed by atoms with Crippen LogP contribution in [0.1, 0.15) is 11.1 Å². The van der Waals surface area contributed by atoms with Gasteiger partial charge in [-0.2, -0.15) is 9.83 Å². The summed E-state index contributed by atoms with van der Waals surface area (Å²) in [5.41, 5.74) is 11.1. The summed E-state index contributed by atoms with van der Waals surface area (Å²) in [6.07, 6.45) is 1.58. The number of aryl methyl sites for hydroxylation is 2. The number of nitrogens with zero attached hydrogens (tertiary/aromatic N) is 2. The second-order valence-corrected chi connectivity index (χ2v) is 18.1. The van der Waals surface area contributed by atoms with Gasteiger partial charge in [0, 0.05) is 22.4 Å². The molecule has 0 aliphatic heterocycles. The fourth-order valence-electron chi connectivity index (χ4n) is 6.46. The molecule has 5 heteroatoms. The summed E-state index contributed by atoms with van der Waals surface area (Å²) in [7, 11) is -0.0718. The van der Waals surface area contributed by atoms with Gasteiger partial charge in [0.25, 0.3) is 0 Å². The fraction of sp³-hybridized carbons (Fsp3) is 0.122. The van der Waals surface area contributed by atoms with E-state index in [0.717, 1.165) is 60.6 Å². The lowest BCUT2D eigenvalue weighted by atomic mass is 9.94. The van der Waals surface area contributed by atoms with Crippen LogP contribution in [0.15, 0.2) is 120 Å². The Morgan fingerprint density at radius 1 is 0.674 bits per heavy atom. The molecule has 0 spiro atoms. The smallest absolute Gasteiger partial charge is 0.216 e. The van der Waals surface area contributed by atoms with Crippen molar-refractivity contribution < 1.29 is 13.4 Å². The standard InChI is InChI=1S/C41H34FN2OSi/c1-26-11-21-33-34-22-20-32(24-43)39(41(34)45-40(33)38(26)36-23-37(46(3,4)5)35(42)25-44(36)2)31-18-16-30(17-19-31)29-14-12-28(13-15-29)27-9-7-6-8-10-27/h6-23,25H,1-5H3/q+1. The molecule has 0 radical (unpaired) electrons. The van der Waals surface area contributed by atoms with Crippen LogP contribution < -0.4 is 9.75 Å². The van der Waals surface area contributed by atoms with E-state index in [1.165, 1.54) is 11.1 Å². The van der Waals surface area contributed by atoms with Gasteiger partial charge in [0.2, 0.25) is 11.9 Å². The Labute approximate surface area is 269 Å². The van der Waals surface area contributed by atoms with E-state index in [0.29, 0.717) is 11.1 Å². The van der Waals surface area contributed by atoms with Crippen molar-refractivity contribution in [2.45, 2.75) is 26.6 Å². The van der Waals surface area contributed by atoms with Crippen LogP contribution in [-0.2, 0) is 7.05 Å². The Hall–Kier alpha value is -5.31. The van der Waals surface area contributed by atoms with Crippen molar-refractivity contribution in [3.8, 4) is 50.7 Å². The molecule has 7 rings (SSSR count). The molecule has 5 aromatic carbocycles. The molecule has 46 heavy (non-hydrogen) atoms. The molecule has 224 valence electrons. The first kappa shape index (κ1) is 29.4. The summed E-state index contributed by atoms with van der Waals surface area (Å²) in [4.78, 5) is 0. The van der Waals surface area contributed by atoms with Gasteiger partial charge in [-0.25, -0.2) is 4.39 Å². The van der Waals surface area contributed by atoms with E-state index >= 15 is 4.39 Å². The highest BCUT2D eigenvalue weighted by molar-refractivity contribution is 6.88. The second kappa shape index (κ2) is 11.2. The number of rotatable bonds is 5. The van der Waals surface area contributed by atoms with Gasteiger partial charge in [-0.15, -0.1) is 0 Å². The number of pyridine rings is 1. The van der Waals surface area contributed by atoms with Gasteiger partial charge < -0.3 is 4.42 Å². The summed E-state index contributed by atoms with van der Waals surface area (Å²) < 4.78 is 23.8. The highest BCUT2D eigenvalue weighted by Crippen LogP contribution is 2.42. The molecular formula is C41H34FN2OSi+. The maximum absolute atomic E-state index is 15.1. The summed E-state index contributed by atoms with van der Waals surface area (Å²) in [5, 5.41) is 12.9. The van der Waals surface area contributed by atoms with Gasteiger partial charge in [0.05, 0.1) is 25.3 Å². The van der Waals surface area contributed by atoms with Crippen LogP contribution in [0.2, 0.25) is 19.6 Å². The largest absolute Gasteiger partial charge is 0.454 e. The third-order valence-electron chi connectivity index (χ3n) is 8.93. The molecule has 2 aromatic heterocycles. The first-order valence-corrected chi connectivity index (χ1v) is 19.0. The van der Waals surface area contributed by atoms with Crippen LogP contribution in [-0.4, -0.2) is 8.07 Å². The summed E-state index contributed by atoms with van der Waals surface area (Å²) in [5.74, 6) is -0.170. The molecule has 0 saturated heterocycles. The first-order valence-electron chi connectivity index (χ1n) is 15.5. The molecule has 0 saturated carbocycles. The van der Waals surface area contributed by atoms with Gasteiger partial charge in [0.1, 0.15) is 18.2 Å². The van der Waals surface area contributed by atoms with Crippen molar-refractivity contribution in [2.24, 2.45) is 7.05 Å². The molecule has 0 aliphatic rings. The van der Waals surface area contributed by atoms with E-state index in [9.17, 15) is 5.26 Å². The lowest BCUT2D eigenvalue weighted by Gasteiger charge is -2.17. The molecule has 0 aliphatic carbocycles. The number of aromatic nitrogens is 1. The van der Waals surface area contributed by atoms with Crippen molar-refractivity contribution in [3.63, 3.8) is 0 Å². The molecule has 3 nitrogen and oxygen atoms in total. The second-order valence-electron chi connectivity index (χ2n) is 13.0. The first-order chi connectivity index (χ1) is 22.1. The Balaban J connectivity index is 1.36. The molecule has 2 heterocycles. The number of hydrogen-bond donors (Lipinski definition) is 0. The van der Waals surface area contributed by atoms with Crippen LogP contribution in [0.25, 0.3) is 66.6 Å². The molecule has 0 N–H and O–H groups in total. The minimum atomic E-state index is -1.95. The number of fused-ring (bicyclic) bond motifs is 3. The van der Waals surface area contributed by atoms with Crippen molar-refractivity contribution in [1.29, 1.82) is 5.26 Å². The number of halogens is 1. The highest BCUT2D eigenvalue weighted by atomic mass is 28.3. The zero-order valence-electron chi connectivity index (χ0n) is 26.7. The molecular weight excluding hydrogens is 584 g/mol. The van der Waals surface area contributed by atoms with E-state index in [1.807, 2.05) is 35.9 Å². The van der Waals surface area contributed by atoms with E-state index in [1.54, 1.807) is 6.20 Å². The van der Waals surface area contributed by atoms with Crippen molar-refractivity contribution in [2.75, 3.05) is 0 Å². The highest BCUT2D eigenvalue weighted by Gasteiger charge is 2.29. The lowest BCUT2D eigenvalue weighted by Crippen LogP contribution is -2.44. The summed E-state index contributed by atoms with van der Waals surface area (Å²) in [6, 6.07) is 39.7. The minimum Gasteiger partial charge on any atom is -0.454 e. The molecule has 0 unspecified atom stereocenters. The average molecular weight is 618 g/mol. The SMILES string of the molecule is Cc1ccc2c(oc3c(-c4ccc(-c5ccc(-c6ccccc6)cc5)cc4)c(C#N)ccc32)c1-c1cc([Si](C)(C)C)c(F)c[n+]1C. The monoisotopic (exact) mass is 617 g/mol. The average Bonchev–Trinajstić information content (AvgIpc) is 3.43.